The zero-order valence-electron chi connectivity index (χ0n) is 17.1. The number of rotatable bonds is 7. The van der Waals surface area contributed by atoms with Crippen LogP contribution in [-0.2, 0) is 16.4 Å². The van der Waals surface area contributed by atoms with Gasteiger partial charge in [-0.1, -0.05) is 24.3 Å². The molecule has 0 bridgehead atoms. The van der Waals surface area contributed by atoms with Crippen LogP contribution >= 0.6 is 0 Å². The molecule has 0 atom stereocenters. The zero-order chi connectivity index (χ0) is 24.2. The molecule has 172 valence electrons. The van der Waals surface area contributed by atoms with Crippen LogP contribution in [0.5, 0.6) is 5.88 Å². The lowest BCUT2D eigenvalue weighted by Gasteiger charge is -2.18. The highest BCUT2D eigenvalue weighted by Crippen LogP contribution is 2.39. The highest BCUT2D eigenvalue weighted by molar-refractivity contribution is 7.89. The molecule has 10 heteroatoms. The van der Waals surface area contributed by atoms with Crippen LogP contribution < -0.4 is 9.88 Å². The Bertz CT molecular complexity index is 1280. The Hall–Kier alpha value is -3.42. The SMILES string of the molecule is C#CCCOc1cc(-c2ccc(S(N)(=O)=O)cc2)c(-c2ccc(F)cc2)c(CC(F)(F)F)n1. The summed E-state index contributed by atoms with van der Waals surface area (Å²) < 4.78 is 82.3. The van der Waals surface area contributed by atoms with E-state index in [-0.39, 0.29) is 40.6 Å². The van der Waals surface area contributed by atoms with Crippen molar-refractivity contribution in [1.82, 2.24) is 4.98 Å². The van der Waals surface area contributed by atoms with Gasteiger partial charge in [0.15, 0.2) is 0 Å². The molecule has 1 heterocycles. The number of hydrogen-bond acceptors (Lipinski definition) is 4. The fourth-order valence-electron chi connectivity index (χ4n) is 3.17. The van der Waals surface area contributed by atoms with Crippen LogP contribution in [0.15, 0.2) is 59.5 Å². The van der Waals surface area contributed by atoms with Crippen molar-refractivity contribution >= 4 is 10.0 Å². The van der Waals surface area contributed by atoms with E-state index in [2.05, 4.69) is 10.9 Å². The molecular weight excluding hydrogens is 460 g/mol. The molecule has 0 aliphatic carbocycles. The topological polar surface area (TPSA) is 82.3 Å². The Kier molecular flexibility index (Phi) is 7.05. The molecule has 3 aromatic rings. The van der Waals surface area contributed by atoms with Crippen molar-refractivity contribution in [3.63, 3.8) is 0 Å². The van der Waals surface area contributed by atoms with Crippen molar-refractivity contribution in [1.29, 1.82) is 0 Å². The predicted octanol–water partition coefficient (Wildman–Crippen LogP) is 4.71. The number of alkyl halides is 3. The maximum absolute atomic E-state index is 13.5. The van der Waals surface area contributed by atoms with Gasteiger partial charge in [-0.2, -0.15) is 13.2 Å². The number of primary sulfonamides is 1. The number of nitrogens with two attached hydrogens (primary N) is 1. The normalized spacial score (nSPS) is 11.8. The summed E-state index contributed by atoms with van der Waals surface area (Å²) in [5.74, 6) is 1.72. The second-order valence-corrected chi connectivity index (χ2v) is 8.56. The minimum absolute atomic E-state index is 0.0364. The summed E-state index contributed by atoms with van der Waals surface area (Å²) in [5, 5.41) is 5.13. The Morgan fingerprint density at radius 2 is 1.64 bits per heavy atom. The molecule has 2 N–H and O–H groups in total. The number of nitrogens with zero attached hydrogens (tertiary/aromatic N) is 1. The van der Waals surface area contributed by atoms with Crippen molar-refractivity contribution < 1.29 is 30.7 Å². The quantitative estimate of drug-likeness (QED) is 0.303. The van der Waals surface area contributed by atoms with E-state index in [9.17, 15) is 26.0 Å². The van der Waals surface area contributed by atoms with Crippen LogP contribution in [0.1, 0.15) is 12.1 Å². The number of aromatic nitrogens is 1. The van der Waals surface area contributed by atoms with E-state index in [0.717, 1.165) is 12.1 Å². The molecule has 0 radical (unpaired) electrons. The van der Waals surface area contributed by atoms with Crippen LogP contribution in [0.4, 0.5) is 17.6 Å². The van der Waals surface area contributed by atoms with Gasteiger partial charge in [0.25, 0.3) is 0 Å². The fraction of sp³-hybridized carbons (Fsp3) is 0.174. The molecule has 5 nitrogen and oxygen atoms in total. The van der Waals surface area contributed by atoms with Gasteiger partial charge >= 0.3 is 6.18 Å². The number of sulfonamides is 1. The van der Waals surface area contributed by atoms with Crippen LogP contribution in [-0.4, -0.2) is 26.2 Å². The second kappa shape index (κ2) is 9.60. The Labute approximate surface area is 188 Å². The number of benzene rings is 2. The zero-order valence-corrected chi connectivity index (χ0v) is 17.9. The van der Waals surface area contributed by atoms with Gasteiger partial charge in [0, 0.05) is 18.1 Å². The summed E-state index contributed by atoms with van der Waals surface area (Å²) in [6.07, 6.45) is -0.540. The number of terminal acetylenes is 1. The maximum Gasteiger partial charge on any atom is 0.394 e. The van der Waals surface area contributed by atoms with E-state index in [1.807, 2.05) is 0 Å². The summed E-state index contributed by atoms with van der Waals surface area (Å²) >= 11 is 0. The van der Waals surface area contributed by atoms with Crippen molar-refractivity contribution in [3.05, 3.63) is 66.1 Å². The Morgan fingerprint density at radius 3 is 2.18 bits per heavy atom. The first-order valence-electron chi connectivity index (χ1n) is 9.54. The summed E-state index contributed by atoms with van der Waals surface area (Å²) in [4.78, 5) is 3.89. The van der Waals surface area contributed by atoms with Gasteiger partial charge in [-0.25, -0.2) is 22.9 Å². The largest absolute Gasteiger partial charge is 0.477 e. The van der Waals surface area contributed by atoms with Gasteiger partial charge < -0.3 is 4.74 Å². The molecule has 0 unspecified atom stereocenters. The molecule has 0 spiro atoms. The predicted molar refractivity (Wildman–Crippen MR) is 115 cm³/mol. The lowest BCUT2D eigenvalue weighted by molar-refractivity contribution is -0.127. The minimum Gasteiger partial charge on any atom is -0.477 e. The number of hydrogen-bond donors (Lipinski definition) is 1. The van der Waals surface area contributed by atoms with E-state index in [4.69, 9.17) is 16.3 Å². The number of ether oxygens (including phenoxy) is 1. The van der Waals surface area contributed by atoms with Crippen LogP contribution in [0.3, 0.4) is 0 Å². The van der Waals surface area contributed by atoms with E-state index >= 15 is 0 Å². The Morgan fingerprint density at radius 1 is 1.03 bits per heavy atom. The summed E-state index contributed by atoms with van der Waals surface area (Å²) in [6, 6.07) is 11.6. The summed E-state index contributed by atoms with van der Waals surface area (Å²) in [6.45, 7) is 0.0364. The van der Waals surface area contributed by atoms with E-state index in [1.54, 1.807) is 0 Å². The third kappa shape index (κ3) is 6.31. The molecule has 1 aromatic heterocycles. The van der Waals surface area contributed by atoms with Crippen molar-refractivity contribution in [2.24, 2.45) is 5.14 Å². The highest BCUT2D eigenvalue weighted by atomic mass is 32.2. The van der Waals surface area contributed by atoms with Crippen LogP contribution in [0.25, 0.3) is 22.3 Å². The van der Waals surface area contributed by atoms with Gasteiger partial charge in [0.05, 0.1) is 17.0 Å². The fourth-order valence-corrected chi connectivity index (χ4v) is 3.68. The van der Waals surface area contributed by atoms with E-state index < -0.39 is 28.4 Å². The molecule has 0 amide bonds. The van der Waals surface area contributed by atoms with E-state index in [0.29, 0.717) is 11.1 Å². The molecule has 0 aliphatic heterocycles. The standard InChI is InChI=1S/C23H18F4N2O3S/c1-2-3-12-32-21-13-19(15-6-10-18(11-7-15)33(28,30)31)22(16-4-8-17(24)9-5-16)20(29-21)14-23(25,26)27/h1,4-11,13H,3,12,14H2,(H2,28,30,31). The maximum atomic E-state index is 13.5. The van der Waals surface area contributed by atoms with Gasteiger partial charge in [-0.15, -0.1) is 12.3 Å². The van der Waals surface area contributed by atoms with Gasteiger partial charge in [-0.3, -0.25) is 0 Å². The third-order valence-corrected chi connectivity index (χ3v) is 5.49. The van der Waals surface area contributed by atoms with E-state index in [1.165, 1.54) is 42.5 Å². The first kappa shape index (κ1) is 24.2. The average Bonchev–Trinajstić information content (AvgIpc) is 2.73. The molecular formula is C23H18F4N2O3S. The molecule has 0 saturated carbocycles. The summed E-state index contributed by atoms with van der Waals surface area (Å²) in [7, 11) is -3.97. The second-order valence-electron chi connectivity index (χ2n) is 7.00. The smallest absolute Gasteiger partial charge is 0.394 e. The first-order chi connectivity index (χ1) is 15.5. The highest BCUT2D eigenvalue weighted by Gasteiger charge is 2.31. The number of pyridine rings is 1. The molecule has 0 aliphatic rings. The van der Waals surface area contributed by atoms with Gasteiger partial charge in [0.1, 0.15) is 12.4 Å². The van der Waals surface area contributed by atoms with Crippen molar-refractivity contribution in [2.45, 2.75) is 23.9 Å². The van der Waals surface area contributed by atoms with Crippen LogP contribution in [0.2, 0.25) is 0 Å². The van der Waals surface area contributed by atoms with Crippen molar-refractivity contribution in [2.75, 3.05) is 6.61 Å². The summed E-state index contributed by atoms with van der Waals surface area (Å²) in [5.41, 5.74) is 0.739. The average molecular weight is 478 g/mol. The van der Waals surface area contributed by atoms with Crippen molar-refractivity contribution in [3.8, 4) is 40.5 Å². The minimum atomic E-state index is -4.59. The van der Waals surface area contributed by atoms with Crippen LogP contribution in [0, 0.1) is 18.2 Å². The number of halogens is 4. The molecule has 0 fully saturated rings. The van der Waals surface area contributed by atoms with Gasteiger partial charge in [-0.05, 0) is 41.0 Å². The molecule has 3 rings (SSSR count). The molecule has 2 aromatic carbocycles. The monoisotopic (exact) mass is 478 g/mol. The Balaban J connectivity index is 2.26. The molecule has 0 saturated heterocycles. The lowest BCUT2D eigenvalue weighted by atomic mass is 9.92. The first-order valence-corrected chi connectivity index (χ1v) is 11.1. The third-order valence-electron chi connectivity index (χ3n) is 4.56. The molecule has 33 heavy (non-hydrogen) atoms. The lowest BCUT2D eigenvalue weighted by Crippen LogP contribution is -2.15. The van der Waals surface area contributed by atoms with Gasteiger partial charge in [0.2, 0.25) is 15.9 Å².